The Hall–Kier alpha value is -0.870. The van der Waals surface area contributed by atoms with E-state index in [-0.39, 0.29) is 13.2 Å². The molecule has 0 aromatic rings. The molecule has 0 aliphatic heterocycles. The van der Waals surface area contributed by atoms with Crippen LogP contribution in [-0.2, 0) is 4.79 Å². The average molecular weight is 190 g/mol. The minimum atomic E-state index is -0.845. The molecule has 0 aromatic carbocycles. The van der Waals surface area contributed by atoms with Crippen molar-refractivity contribution in [1.82, 2.24) is 0 Å². The van der Waals surface area contributed by atoms with Crippen molar-refractivity contribution in [3.05, 3.63) is 11.6 Å². The summed E-state index contributed by atoms with van der Waals surface area (Å²) >= 11 is 0. The summed E-state index contributed by atoms with van der Waals surface area (Å²) in [5.74, 6) is -0.845. The third kappa shape index (κ3) is 14.0. The lowest BCUT2D eigenvalue weighted by molar-refractivity contribution is -0.132. The SMILES string of the molecule is CC=C(C)C(=O)O.OCCCCO. The van der Waals surface area contributed by atoms with Crippen LogP contribution in [0, 0.1) is 0 Å². The van der Waals surface area contributed by atoms with Gasteiger partial charge in [-0.05, 0) is 26.7 Å². The third-order valence-electron chi connectivity index (χ3n) is 1.34. The molecule has 13 heavy (non-hydrogen) atoms. The molecule has 0 atom stereocenters. The Bertz CT molecular complexity index is 148. The summed E-state index contributed by atoms with van der Waals surface area (Å²) in [6.07, 6.45) is 3.00. The molecule has 0 unspecified atom stereocenters. The van der Waals surface area contributed by atoms with E-state index in [9.17, 15) is 4.79 Å². The number of aliphatic hydroxyl groups is 2. The Morgan fingerprint density at radius 1 is 1.23 bits per heavy atom. The second-order valence-corrected chi connectivity index (χ2v) is 2.43. The molecular formula is C9H18O4. The smallest absolute Gasteiger partial charge is 0.330 e. The van der Waals surface area contributed by atoms with E-state index in [1.54, 1.807) is 19.9 Å². The summed E-state index contributed by atoms with van der Waals surface area (Å²) in [5, 5.41) is 24.3. The van der Waals surface area contributed by atoms with Crippen molar-refractivity contribution in [3.8, 4) is 0 Å². The second-order valence-electron chi connectivity index (χ2n) is 2.43. The maximum absolute atomic E-state index is 9.86. The number of hydrogen-bond donors (Lipinski definition) is 3. The fraction of sp³-hybridized carbons (Fsp3) is 0.667. The van der Waals surface area contributed by atoms with Crippen LogP contribution in [0.1, 0.15) is 26.7 Å². The van der Waals surface area contributed by atoms with Crippen molar-refractivity contribution in [2.75, 3.05) is 13.2 Å². The van der Waals surface area contributed by atoms with Gasteiger partial charge in [-0.1, -0.05) is 6.08 Å². The van der Waals surface area contributed by atoms with Gasteiger partial charge in [-0.15, -0.1) is 0 Å². The quantitative estimate of drug-likeness (QED) is 0.452. The maximum Gasteiger partial charge on any atom is 0.330 e. The largest absolute Gasteiger partial charge is 0.478 e. The number of carboxylic acid groups (broad SMARTS) is 1. The maximum atomic E-state index is 9.86. The Labute approximate surface area is 78.5 Å². The molecule has 78 valence electrons. The molecule has 0 aliphatic carbocycles. The van der Waals surface area contributed by atoms with Gasteiger partial charge in [0.05, 0.1) is 0 Å². The van der Waals surface area contributed by atoms with Crippen molar-refractivity contribution < 1.29 is 20.1 Å². The zero-order valence-corrected chi connectivity index (χ0v) is 8.16. The van der Waals surface area contributed by atoms with Crippen LogP contribution in [-0.4, -0.2) is 34.5 Å². The summed E-state index contributed by atoms with van der Waals surface area (Å²) in [4.78, 5) is 9.86. The predicted molar refractivity (Wildman–Crippen MR) is 50.5 cm³/mol. The first-order valence-electron chi connectivity index (χ1n) is 4.18. The molecule has 4 heteroatoms. The van der Waals surface area contributed by atoms with E-state index in [0.717, 1.165) is 12.8 Å². The van der Waals surface area contributed by atoms with Crippen LogP contribution >= 0.6 is 0 Å². The Morgan fingerprint density at radius 2 is 1.62 bits per heavy atom. The summed E-state index contributed by atoms with van der Waals surface area (Å²) in [6.45, 7) is 3.65. The van der Waals surface area contributed by atoms with E-state index in [1.165, 1.54) is 0 Å². The van der Waals surface area contributed by atoms with Gasteiger partial charge < -0.3 is 15.3 Å². The molecule has 3 N–H and O–H groups in total. The van der Waals surface area contributed by atoms with Gasteiger partial charge in [0.2, 0.25) is 0 Å². The molecule has 0 saturated carbocycles. The molecule has 0 aliphatic rings. The van der Waals surface area contributed by atoms with Crippen LogP contribution in [0.4, 0.5) is 0 Å². The molecular weight excluding hydrogens is 172 g/mol. The molecule has 0 heterocycles. The fourth-order valence-electron chi connectivity index (χ4n) is 0.347. The minimum absolute atomic E-state index is 0.195. The number of aliphatic hydroxyl groups excluding tert-OH is 2. The number of allylic oxidation sites excluding steroid dienone is 1. The summed E-state index contributed by atoms with van der Waals surface area (Å²) in [7, 11) is 0. The molecule has 0 rings (SSSR count). The van der Waals surface area contributed by atoms with Gasteiger partial charge in [0.25, 0.3) is 0 Å². The number of hydrogen-bond acceptors (Lipinski definition) is 3. The van der Waals surface area contributed by atoms with Gasteiger partial charge in [-0.25, -0.2) is 4.79 Å². The minimum Gasteiger partial charge on any atom is -0.478 e. The lowest BCUT2D eigenvalue weighted by Crippen LogP contribution is -1.93. The van der Waals surface area contributed by atoms with Crippen LogP contribution in [0.3, 0.4) is 0 Å². The number of unbranched alkanes of at least 4 members (excludes halogenated alkanes) is 1. The van der Waals surface area contributed by atoms with E-state index in [4.69, 9.17) is 15.3 Å². The summed E-state index contributed by atoms with van der Waals surface area (Å²) < 4.78 is 0. The summed E-state index contributed by atoms with van der Waals surface area (Å²) in [5.41, 5.74) is 0.389. The van der Waals surface area contributed by atoms with E-state index in [1.807, 2.05) is 0 Å². The standard InChI is InChI=1S/C5H8O2.C4H10O2/c1-3-4(2)5(6)7;5-3-1-2-4-6/h3H,1-2H3,(H,6,7);5-6H,1-4H2. The van der Waals surface area contributed by atoms with Crippen LogP contribution in [0.2, 0.25) is 0 Å². The number of aliphatic carboxylic acids is 1. The topological polar surface area (TPSA) is 77.8 Å². The average Bonchev–Trinajstić information content (AvgIpc) is 2.14. The first-order valence-corrected chi connectivity index (χ1v) is 4.18. The fourth-order valence-corrected chi connectivity index (χ4v) is 0.347. The van der Waals surface area contributed by atoms with Crippen LogP contribution in [0.25, 0.3) is 0 Å². The van der Waals surface area contributed by atoms with Crippen molar-refractivity contribution >= 4 is 5.97 Å². The third-order valence-corrected chi connectivity index (χ3v) is 1.34. The Balaban J connectivity index is 0. The highest BCUT2D eigenvalue weighted by Crippen LogP contribution is 1.87. The van der Waals surface area contributed by atoms with Crippen LogP contribution < -0.4 is 0 Å². The van der Waals surface area contributed by atoms with Gasteiger partial charge >= 0.3 is 5.97 Å². The number of carboxylic acids is 1. The van der Waals surface area contributed by atoms with Gasteiger partial charge in [-0.2, -0.15) is 0 Å². The molecule has 0 fully saturated rings. The lowest BCUT2D eigenvalue weighted by atomic mass is 10.3. The Morgan fingerprint density at radius 3 is 1.69 bits per heavy atom. The molecule has 0 saturated heterocycles. The van der Waals surface area contributed by atoms with E-state index < -0.39 is 5.97 Å². The van der Waals surface area contributed by atoms with Crippen molar-refractivity contribution in [2.24, 2.45) is 0 Å². The molecule has 4 nitrogen and oxygen atoms in total. The van der Waals surface area contributed by atoms with Crippen LogP contribution in [0.15, 0.2) is 11.6 Å². The molecule has 0 spiro atoms. The Kier molecular flexibility index (Phi) is 12.5. The lowest BCUT2D eigenvalue weighted by Gasteiger charge is -1.85. The van der Waals surface area contributed by atoms with Crippen molar-refractivity contribution in [2.45, 2.75) is 26.7 Å². The first kappa shape index (κ1) is 14.6. The van der Waals surface area contributed by atoms with E-state index in [2.05, 4.69) is 0 Å². The van der Waals surface area contributed by atoms with Gasteiger partial charge in [-0.3, -0.25) is 0 Å². The van der Waals surface area contributed by atoms with E-state index >= 15 is 0 Å². The van der Waals surface area contributed by atoms with Gasteiger partial charge in [0.15, 0.2) is 0 Å². The first-order chi connectivity index (χ1) is 6.09. The highest BCUT2D eigenvalue weighted by atomic mass is 16.4. The highest BCUT2D eigenvalue weighted by Gasteiger charge is 1.93. The summed E-state index contributed by atoms with van der Waals surface area (Å²) in [6, 6.07) is 0. The monoisotopic (exact) mass is 190 g/mol. The zero-order chi connectivity index (χ0) is 10.7. The molecule has 0 aromatic heterocycles. The molecule has 0 bridgehead atoms. The van der Waals surface area contributed by atoms with Crippen LogP contribution in [0.5, 0.6) is 0 Å². The molecule has 0 radical (unpaired) electrons. The van der Waals surface area contributed by atoms with Gasteiger partial charge in [0.1, 0.15) is 0 Å². The number of carbonyl (C=O) groups is 1. The predicted octanol–water partition coefficient (Wildman–Crippen LogP) is 0.788. The van der Waals surface area contributed by atoms with Crippen molar-refractivity contribution in [3.63, 3.8) is 0 Å². The second kappa shape index (κ2) is 11.1. The van der Waals surface area contributed by atoms with Crippen molar-refractivity contribution in [1.29, 1.82) is 0 Å². The highest BCUT2D eigenvalue weighted by molar-refractivity contribution is 5.85. The number of rotatable bonds is 4. The van der Waals surface area contributed by atoms with Gasteiger partial charge in [0, 0.05) is 18.8 Å². The zero-order valence-electron chi connectivity index (χ0n) is 8.16. The normalized spacial score (nSPS) is 10.3. The van der Waals surface area contributed by atoms with E-state index in [0.29, 0.717) is 5.57 Å². The molecule has 0 amide bonds.